The maximum Gasteiger partial charge on any atom is 0.119 e. The van der Waals surface area contributed by atoms with Gasteiger partial charge in [-0.1, -0.05) is 35.9 Å². The van der Waals surface area contributed by atoms with Crippen molar-refractivity contribution in [3.63, 3.8) is 0 Å². The summed E-state index contributed by atoms with van der Waals surface area (Å²) >= 11 is 6.45. The van der Waals surface area contributed by atoms with E-state index in [1.807, 2.05) is 36.4 Å². The summed E-state index contributed by atoms with van der Waals surface area (Å²) in [6.07, 6.45) is 2.06. The third kappa shape index (κ3) is 4.18. The number of fused-ring (bicyclic) bond motifs is 1. The van der Waals surface area contributed by atoms with Gasteiger partial charge in [-0.05, 0) is 62.2 Å². The first-order valence-corrected chi connectivity index (χ1v) is 8.57. The van der Waals surface area contributed by atoms with Gasteiger partial charge in [-0.25, -0.2) is 0 Å². The van der Waals surface area contributed by atoms with E-state index in [9.17, 15) is 0 Å². The molecule has 23 heavy (non-hydrogen) atoms. The summed E-state index contributed by atoms with van der Waals surface area (Å²) in [6, 6.07) is 14.2. The largest absolute Gasteiger partial charge is 0.491 e. The van der Waals surface area contributed by atoms with Crippen LogP contribution in [-0.4, -0.2) is 25.7 Å². The van der Waals surface area contributed by atoms with E-state index in [1.54, 1.807) is 0 Å². The summed E-state index contributed by atoms with van der Waals surface area (Å²) in [7, 11) is 0. The third-order valence-electron chi connectivity index (χ3n) is 4.12. The van der Waals surface area contributed by atoms with Gasteiger partial charge in [0, 0.05) is 0 Å². The highest BCUT2D eigenvalue weighted by Crippen LogP contribution is 2.31. The van der Waals surface area contributed by atoms with Gasteiger partial charge in [-0.2, -0.15) is 0 Å². The Bertz CT molecular complexity index is 645. The molecule has 0 unspecified atom stereocenters. The van der Waals surface area contributed by atoms with Crippen LogP contribution < -0.4 is 15.4 Å². The number of rotatable bonds is 5. The van der Waals surface area contributed by atoms with Crippen LogP contribution in [0, 0.1) is 0 Å². The van der Waals surface area contributed by atoms with Gasteiger partial charge >= 0.3 is 0 Å². The Hall–Kier alpha value is -1.71. The smallest absolute Gasteiger partial charge is 0.119 e. The summed E-state index contributed by atoms with van der Waals surface area (Å²) in [5.41, 5.74) is 3.80. The second kappa shape index (κ2) is 7.71. The van der Waals surface area contributed by atoms with Crippen LogP contribution in [0.2, 0.25) is 5.02 Å². The molecule has 2 aromatic carbocycles. The van der Waals surface area contributed by atoms with E-state index in [4.69, 9.17) is 16.3 Å². The first-order valence-electron chi connectivity index (χ1n) is 8.19. The predicted octanol–water partition coefficient (Wildman–Crippen LogP) is 3.91. The standard InChI is InChI=1S/C19H23ClN2O/c1-14(13-23-16-5-3-2-4-6-16)22-19-17-10-12-21-11-9-15(17)7-8-18(19)20/h2-8,14,21-22H,9-13H2,1H3/t14-/m1/s1. The highest BCUT2D eigenvalue weighted by atomic mass is 35.5. The van der Waals surface area contributed by atoms with Crippen molar-refractivity contribution < 1.29 is 4.74 Å². The highest BCUT2D eigenvalue weighted by molar-refractivity contribution is 6.33. The van der Waals surface area contributed by atoms with Crippen molar-refractivity contribution in [1.82, 2.24) is 5.32 Å². The fourth-order valence-corrected chi connectivity index (χ4v) is 3.16. The van der Waals surface area contributed by atoms with Gasteiger partial charge in [0.1, 0.15) is 12.4 Å². The molecular formula is C19H23ClN2O. The molecule has 1 heterocycles. The van der Waals surface area contributed by atoms with Gasteiger partial charge in [0.2, 0.25) is 0 Å². The Kier molecular flexibility index (Phi) is 5.42. The predicted molar refractivity (Wildman–Crippen MR) is 96.8 cm³/mol. The molecule has 0 radical (unpaired) electrons. The molecule has 0 bridgehead atoms. The quantitative estimate of drug-likeness (QED) is 0.872. The van der Waals surface area contributed by atoms with Gasteiger partial charge in [0.05, 0.1) is 16.8 Å². The van der Waals surface area contributed by atoms with Crippen LogP contribution in [0.1, 0.15) is 18.1 Å². The zero-order valence-electron chi connectivity index (χ0n) is 13.4. The molecule has 1 aliphatic heterocycles. The monoisotopic (exact) mass is 330 g/mol. The Morgan fingerprint density at radius 3 is 2.74 bits per heavy atom. The molecule has 1 atom stereocenters. The number of halogens is 1. The van der Waals surface area contributed by atoms with E-state index in [-0.39, 0.29) is 6.04 Å². The Morgan fingerprint density at radius 1 is 1.13 bits per heavy atom. The van der Waals surface area contributed by atoms with E-state index in [0.29, 0.717) is 6.61 Å². The second-order valence-electron chi connectivity index (χ2n) is 5.98. The SMILES string of the molecule is C[C@H](COc1ccccc1)Nc1c(Cl)ccc2c1CCNCC2. The van der Waals surface area contributed by atoms with Crippen molar-refractivity contribution in [2.45, 2.75) is 25.8 Å². The van der Waals surface area contributed by atoms with Crippen molar-refractivity contribution in [2.75, 3.05) is 25.0 Å². The van der Waals surface area contributed by atoms with Crippen molar-refractivity contribution in [3.05, 3.63) is 58.6 Å². The summed E-state index contributed by atoms with van der Waals surface area (Å²) < 4.78 is 5.83. The van der Waals surface area contributed by atoms with Gasteiger partial charge in [0.15, 0.2) is 0 Å². The lowest BCUT2D eigenvalue weighted by Gasteiger charge is -2.21. The fraction of sp³-hybridized carbons (Fsp3) is 0.368. The van der Waals surface area contributed by atoms with Crippen LogP contribution >= 0.6 is 11.6 Å². The van der Waals surface area contributed by atoms with Crippen LogP contribution in [0.5, 0.6) is 5.75 Å². The van der Waals surface area contributed by atoms with Crippen LogP contribution in [-0.2, 0) is 12.8 Å². The van der Waals surface area contributed by atoms with E-state index in [1.165, 1.54) is 11.1 Å². The van der Waals surface area contributed by atoms with Crippen LogP contribution in [0.3, 0.4) is 0 Å². The minimum atomic E-state index is 0.176. The van der Waals surface area contributed by atoms with Crippen LogP contribution in [0.15, 0.2) is 42.5 Å². The molecule has 4 heteroatoms. The maximum atomic E-state index is 6.45. The maximum absolute atomic E-state index is 6.45. The van der Waals surface area contributed by atoms with Gasteiger partial charge in [-0.3, -0.25) is 0 Å². The molecule has 122 valence electrons. The molecule has 0 saturated heterocycles. The Labute approximate surface area is 143 Å². The lowest BCUT2D eigenvalue weighted by molar-refractivity contribution is 0.304. The molecule has 0 amide bonds. The average Bonchev–Trinajstić information content (AvgIpc) is 2.82. The lowest BCUT2D eigenvalue weighted by atomic mass is 10.0. The van der Waals surface area contributed by atoms with Crippen molar-refractivity contribution in [1.29, 1.82) is 0 Å². The van der Waals surface area contributed by atoms with Crippen LogP contribution in [0.4, 0.5) is 5.69 Å². The van der Waals surface area contributed by atoms with Gasteiger partial charge in [0.25, 0.3) is 0 Å². The van der Waals surface area contributed by atoms with Crippen molar-refractivity contribution >= 4 is 17.3 Å². The normalized spacial score (nSPS) is 15.4. The van der Waals surface area contributed by atoms with Crippen LogP contribution in [0.25, 0.3) is 0 Å². The Morgan fingerprint density at radius 2 is 1.91 bits per heavy atom. The number of para-hydroxylation sites is 1. The topological polar surface area (TPSA) is 33.3 Å². The summed E-state index contributed by atoms with van der Waals surface area (Å²) in [6.45, 7) is 4.74. The number of benzene rings is 2. The minimum absolute atomic E-state index is 0.176. The van der Waals surface area contributed by atoms with Crippen molar-refractivity contribution in [3.8, 4) is 5.75 Å². The molecule has 1 aliphatic rings. The lowest BCUT2D eigenvalue weighted by Crippen LogP contribution is -2.24. The van der Waals surface area contributed by atoms with E-state index < -0.39 is 0 Å². The van der Waals surface area contributed by atoms with E-state index >= 15 is 0 Å². The second-order valence-corrected chi connectivity index (χ2v) is 6.39. The average molecular weight is 331 g/mol. The Balaban J connectivity index is 1.69. The first kappa shape index (κ1) is 16.2. The summed E-state index contributed by atoms with van der Waals surface area (Å²) in [5, 5.41) is 7.79. The zero-order chi connectivity index (χ0) is 16.1. The number of anilines is 1. The molecule has 2 aromatic rings. The van der Waals surface area contributed by atoms with Crippen molar-refractivity contribution in [2.24, 2.45) is 0 Å². The molecule has 0 fully saturated rings. The highest BCUT2D eigenvalue weighted by Gasteiger charge is 2.16. The number of hydrogen-bond donors (Lipinski definition) is 2. The molecule has 3 rings (SSSR count). The molecule has 3 nitrogen and oxygen atoms in total. The number of nitrogens with one attached hydrogen (secondary N) is 2. The molecule has 0 aromatic heterocycles. The number of hydrogen-bond acceptors (Lipinski definition) is 3. The molecule has 0 aliphatic carbocycles. The van der Waals surface area contributed by atoms with Gasteiger partial charge < -0.3 is 15.4 Å². The van der Waals surface area contributed by atoms with E-state index in [2.05, 4.69) is 23.6 Å². The van der Waals surface area contributed by atoms with E-state index in [0.717, 1.165) is 42.4 Å². The summed E-state index contributed by atoms with van der Waals surface area (Å²) in [4.78, 5) is 0. The molecular weight excluding hydrogens is 308 g/mol. The molecule has 2 N–H and O–H groups in total. The minimum Gasteiger partial charge on any atom is -0.491 e. The third-order valence-corrected chi connectivity index (χ3v) is 4.43. The number of ether oxygens (including phenoxy) is 1. The summed E-state index contributed by atoms with van der Waals surface area (Å²) in [5.74, 6) is 0.892. The zero-order valence-corrected chi connectivity index (χ0v) is 14.2. The molecule has 0 saturated carbocycles. The molecule has 0 spiro atoms. The fourth-order valence-electron chi connectivity index (χ4n) is 2.93. The first-order chi connectivity index (χ1) is 11.2. The van der Waals surface area contributed by atoms with Gasteiger partial charge in [-0.15, -0.1) is 0 Å².